The SMILES string of the molecule is NP(=O)(O)OC(=O)CNOCc1ccccc1. The largest absolute Gasteiger partial charge is 0.455 e. The molecule has 0 aliphatic carbocycles. The Labute approximate surface area is 98.1 Å². The number of carbonyl (C=O) groups is 1. The summed E-state index contributed by atoms with van der Waals surface area (Å²) >= 11 is 0. The lowest BCUT2D eigenvalue weighted by Gasteiger charge is -2.07. The van der Waals surface area contributed by atoms with Gasteiger partial charge in [0.1, 0.15) is 6.54 Å². The molecule has 1 atom stereocenters. The molecule has 0 fully saturated rings. The summed E-state index contributed by atoms with van der Waals surface area (Å²) in [4.78, 5) is 24.4. The highest BCUT2D eigenvalue weighted by Crippen LogP contribution is 2.30. The average Bonchev–Trinajstić information content (AvgIpc) is 2.23. The highest BCUT2D eigenvalue weighted by atomic mass is 31.2. The molecule has 7 nitrogen and oxygen atoms in total. The van der Waals surface area contributed by atoms with Crippen molar-refractivity contribution in [1.82, 2.24) is 5.48 Å². The molecular formula is C9H13N2O5P. The Kier molecular flexibility index (Phi) is 5.27. The second-order valence-corrected chi connectivity index (χ2v) is 4.43. The molecule has 0 radical (unpaired) electrons. The molecular weight excluding hydrogens is 247 g/mol. The summed E-state index contributed by atoms with van der Waals surface area (Å²) in [5.41, 5.74) is 7.84. The summed E-state index contributed by atoms with van der Waals surface area (Å²) < 4.78 is 14.5. The number of hydrogen-bond acceptors (Lipinski definition) is 5. The monoisotopic (exact) mass is 260 g/mol. The first-order valence-electron chi connectivity index (χ1n) is 4.70. The van der Waals surface area contributed by atoms with Crippen molar-refractivity contribution in [3.8, 4) is 0 Å². The summed E-state index contributed by atoms with van der Waals surface area (Å²) in [7, 11) is -4.27. The zero-order valence-electron chi connectivity index (χ0n) is 8.91. The maximum atomic E-state index is 10.9. The van der Waals surface area contributed by atoms with E-state index in [2.05, 4.69) is 15.5 Å². The minimum absolute atomic E-state index is 0.257. The van der Waals surface area contributed by atoms with Crippen LogP contribution in [0.1, 0.15) is 5.56 Å². The van der Waals surface area contributed by atoms with Gasteiger partial charge in [-0.15, -0.1) is 0 Å². The van der Waals surface area contributed by atoms with Gasteiger partial charge < -0.3 is 9.42 Å². The molecule has 1 rings (SSSR count). The van der Waals surface area contributed by atoms with E-state index in [-0.39, 0.29) is 13.2 Å². The van der Waals surface area contributed by atoms with Crippen molar-refractivity contribution in [2.24, 2.45) is 5.50 Å². The van der Waals surface area contributed by atoms with E-state index >= 15 is 0 Å². The van der Waals surface area contributed by atoms with Gasteiger partial charge in [-0.2, -0.15) is 5.48 Å². The van der Waals surface area contributed by atoms with Crippen LogP contribution in [0, 0.1) is 0 Å². The minimum Gasteiger partial charge on any atom is -0.379 e. The van der Waals surface area contributed by atoms with Gasteiger partial charge in [-0.1, -0.05) is 30.3 Å². The highest BCUT2D eigenvalue weighted by Gasteiger charge is 2.17. The topological polar surface area (TPSA) is 111 Å². The van der Waals surface area contributed by atoms with E-state index in [9.17, 15) is 9.36 Å². The van der Waals surface area contributed by atoms with Gasteiger partial charge in [0.2, 0.25) is 0 Å². The molecule has 0 saturated heterocycles. The predicted molar refractivity (Wildman–Crippen MR) is 59.3 cm³/mol. The van der Waals surface area contributed by atoms with Crippen LogP contribution in [0.25, 0.3) is 0 Å². The predicted octanol–water partition coefficient (Wildman–Crippen LogP) is 0.310. The average molecular weight is 260 g/mol. The Bertz CT molecular complexity index is 405. The van der Waals surface area contributed by atoms with E-state index in [1.807, 2.05) is 30.3 Å². The van der Waals surface area contributed by atoms with E-state index in [4.69, 9.17) is 9.73 Å². The van der Waals surface area contributed by atoms with Crippen LogP contribution in [-0.2, 0) is 25.3 Å². The molecule has 0 aromatic heterocycles. The molecule has 0 aliphatic heterocycles. The lowest BCUT2D eigenvalue weighted by Crippen LogP contribution is -2.25. The van der Waals surface area contributed by atoms with Gasteiger partial charge in [0.25, 0.3) is 0 Å². The van der Waals surface area contributed by atoms with Gasteiger partial charge in [-0.3, -0.25) is 9.63 Å². The molecule has 8 heteroatoms. The summed E-state index contributed by atoms with van der Waals surface area (Å²) in [6.07, 6.45) is 0. The molecule has 1 aromatic rings. The second-order valence-electron chi connectivity index (χ2n) is 3.12. The van der Waals surface area contributed by atoms with Crippen molar-refractivity contribution in [3.05, 3.63) is 35.9 Å². The molecule has 0 aliphatic rings. The number of benzene rings is 1. The van der Waals surface area contributed by atoms with E-state index in [0.717, 1.165) is 5.56 Å². The quantitative estimate of drug-likeness (QED) is 0.383. The summed E-state index contributed by atoms with van der Waals surface area (Å²) in [6, 6.07) is 9.27. The number of carbonyl (C=O) groups excluding carboxylic acids is 1. The van der Waals surface area contributed by atoms with Gasteiger partial charge in [-0.05, 0) is 5.56 Å². The maximum Gasteiger partial charge on any atom is 0.455 e. The van der Waals surface area contributed by atoms with Crippen LogP contribution in [0.3, 0.4) is 0 Å². The van der Waals surface area contributed by atoms with E-state index < -0.39 is 13.7 Å². The van der Waals surface area contributed by atoms with E-state index in [1.54, 1.807) is 0 Å². The van der Waals surface area contributed by atoms with Gasteiger partial charge in [0.05, 0.1) is 6.61 Å². The van der Waals surface area contributed by atoms with Crippen LogP contribution in [0.15, 0.2) is 30.3 Å². The van der Waals surface area contributed by atoms with Crippen LogP contribution in [0.2, 0.25) is 0 Å². The molecule has 1 unspecified atom stereocenters. The van der Waals surface area contributed by atoms with Gasteiger partial charge in [0, 0.05) is 0 Å². The molecule has 0 amide bonds. The first kappa shape index (κ1) is 13.8. The maximum absolute atomic E-state index is 10.9. The summed E-state index contributed by atoms with van der Waals surface area (Å²) in [5.74, 6) is -0.966. The Morgan fingerprint density at radius 3 is 2.65 bits per heavy atom. The van der Waals surface area contributed by atoms with Crippen molar-refractivity contribution in [2.45, 2.75) is 6.61 Å². The third kappa shape index (κ3) is 6.83. The van der Waals surface area contributed by atoms with Gasteiger partial charge in [-0.25, -0.2) is 10.1 Å². The fourth-order valence-electron chi connectivity index (χ4n) is 0.997. The Morgan fingerprint density at radius 2 is 2.06 bits per heavy atom. The Hall–Kier alpha value is -1.24. The lowest BCUT2D eigenvalue weighted by molar-refractivity contribution is -0.136. The molecule has 4 N–H and O–H groups in total. The lowest BCUT2D eigenvalue weighted by atomic mass is 10.2. The van der Waals surface area contributed by atoms with Crippen LogP contribution in [-0.4, -0.2) is 17.4 Å². The van der Waals surface area contributed by atoms with Gasteiger partial charge in [0.15, 0.2) is 0 Å². The Morgan fingerprint density at radius 1 is 1.41 bits per heavy atom. The number of hydroxylamine groups is 1. The fourth-order valence-corrected chi connectivity index (χ4v) is 1.35. The molecule has 0 bridgehead atoms. The van der Waals surface area contributed by atoms with Crippen LogP contribution >= 0.6 is 7.75 Å². The summed E-state index contributed by atoms with van der Waals surface area (Å²) in [5, 5.41) is 0. The van der Waals surface area contributed by atoms with Crippen molar-refractivity contribution in [1.29, 1.82) is 0 Å². The number of rotatable bonds is 6. The van der Waals surface area contributed by atoms with Crippen molar-refractivity contribution in [2.75, 3.05) is 6.54 Å². The highest BCUT2D eigenvalue weighted by molar-refractivity contribution is 7.50. The molecule has 94 valence electrons. The number of nitrogens with two attached hydrogens (primary N) is 1. The second kappa shape index (κ2) is 6.48. The first-order valence-corrected chi connectivity index (χ1v) is 6.34. The zero-order valence-corrected chi connectivity index (χ0v) is 9.80. The smallest absolute Gasteiger partial charge is 0.379 e. The molecule has 1 aromatic carbocycles. The third-order valence-corrected chi connectivity index (χ3v) is 2.10. The molecule has 0 saturated carbocycles. The van der Waals surface area contributed by atoms with E-state index in [1.165, 1.54) is 0 Å². The Balaban J connectivity index is 2.17. The zero-order chi connectivity index (χ0) is 12.7. The van der Waals surface area contributed by atoms with Crippen molar-refractivity contribution < 1.29 is 23.6 Å². The normalized spacial score (nSPS) is 14.0. The van der Waals surface area contributed by atoms with Crippen LogP contribution in [0.5, 0.6) is 0 Å². The molecule has 0 spiro atoms. The van der Waals surface area contributed by atoms with Crippen LogP contribution < -0.4 is 11.0 Å². The fraction of sp³-hybridized carbons (Fsp3) is 0.222. The number of nitrogens with one attached hydrogen (secondary N) is 1. The standard InChI is InChI=1S/C9H13N2O5P/c10-17(13,14)16-9(12)6-11-15-7-8-4-2-1-3-5-8/h1-5,11H,6-7H2,(H3,10,13,14). The van der Waals surface area contributed by atoms with Crippen molar-refractivity contribution >= 4 is 13.7 Å². The minimum atomic E-state index is -4.27. The number of hydrogen-bond donors (Lipinski definition) is 3. The van der Waals surface area contributed by atoms with Crippen molar-refractivity contribution in [3.63, 3.8) is 0 Å². The first-order chi connectivity index (χ1) is 7.97. The molecule has 17 heavy (non-hydrogen) atoms. The molecule has 0 heterocycles. The van der Waals surface area contributed by atoms with Gasteiger partial charge >= 0.3 is 13.7 Å². The summed E-state index contributed by atoms with van der Waals surface area (Å²) in [6.45, 7) is -0.109. The third-order valence-electron chi connectivity index (χ3n) is 1.63. The van der Waals surface area contributed by atoms with Crippen LogP contribution in [0.4, 0.5) is 0 Å². The van der Waals surface area contributed by atoms with E-state index in [0.29, 0.717) is 0 Å².